The standard InChI is InChI=1S/C12H14O4/c1-9(14)6-12(15)16-8-11-5-3-2-4-10(11)7-13/h2-5,13H,6-8H2,1H3. The van der Waals surface area contributed by atoms with Crippen LogP contribution in [0.1, 0.15) is 24.5 Å². The number of Topliss-reactive ketones (excluding diaryl/α,β-unsaturated/α-hetero) is 1. The van der Waals surface area contributed by atoms with E-state index in [4.69, 9.17) is 9.84 Å². The molecular weight excluding hydrogens is 208 g/mol. The van der Waals surface area contributed by atoms with Gasteiger partial charge in [0, 0.05) is 0 Å². The molecule has 16 heavy (non-hydrogen) atoms. The molecule has 1 N–H and O–H groups in total. The lowest BCUT2D eigenvalue weighted by Crippen LogP contribution is -2.09. The molecule has 0 unspecified atom stereocenters. The second-order valence-corrected chi connectivity index (χ2v) is 3.47. The number of aliphatic hydroxyl groups excluding tert-OH is 1. The Labute approximate surface area is 93.9 Å². The van der Waals surface area contributed by atoms with Crippen LogP contribution in [0.3, 0.4) is 0 Å². The molecule has 0 radical (unpaired) electrons. The summed E-state index contributed by atoms with van der Waals surface area (Å²) in [5.41, 5.74) is 1.47. The van der Waals surface area contributed by atoms with Crippen LogP contribution in [0, 0.1) is 0 Å². The molecule has 0 spiro atoms. The van der Waals surface area contributed by atoms with E-state index in [9.17, 15) is 9.59 Å². The summed E-state index contributed by atoms with van der Waals surface area (Å²) >= 11 is 0. The normalized spacial score (nSPS) is 9.88. The van der Waals surface area contributed by atoms with Gasteiger partial charge in [-0.15, -0.1) is 0 Å². The number of hydrogen-bond donors (Lipinski definition) is 1. The van der Waals surface area contributed by atoms with Gasteiger partial charge in [-0.1, -0.05) is 24.3 Å². The molecule has 1 aromatic carbocycles. The highest BCUT2D eigenvalue weighted by molar-refractivity contribution is 5.94. The summed E-state index contributed by atoms with van der Waals surface area (Å²) in [4.78, 5) is 21.8. The van der Waals surface area contributed by atoms with Gasteiger partial charge in [-0.05, 0) is 18.1 Å². The predicted molar refractivity (Wildman–Crippen MR) is 57.5 cm³/mol. The third-order valence-corrected chi connectivity index (χ3v) is 2.07. The molecule has 0 aliphatic carbocycles. The van der Waals surface area contributed by atoms with Crippen LogP contribution in [0.25, 0.3) is 0 Å². The number of carbonyl (C=O) groups excluding carboxylic acids is 2. The highest BCUT2D eigenvalue weighted by Gasteiger charge is 2.08. The van der Waals surface area contributed by atoms with E-state index in [1.807, 2.05) is 0 Å². The van der Waals surface area contributed by atoms with Gasteiger partial charge in [-0.2, -0.15) is 0 Å². The first-order valence-corrected chi connectivity index (χ1v) is 4.96. The van der Waals surface area contributed by atoms with Crippen molar-refractivity contribution in [2.75, 3.05) is 0 Å². The lowest BCUT2D eigenvalue weighted by Gasteiger charge is -2.07. The molecule has 4 heteroatoms. The maximum atomic E-state index is 11.1. The Morgan fingerprint density at radius 2 is 1.88 bits per heavy atom. The Bertz CT molecular complexity index is 384. The Morgan fingerprint density at radius 3 is 2.44 bits per heavy atom. The van der Waals surface area contributed by atoms with Gasteiger partial charge in [0.1, 0.15) is 18.8 Å². The van der Waals surface area contributed by atoms with Crippen molar-refractivity contribution in [2.24, 2.45) is 0 Å². The lowest BCUT2D eigenvalue weighted by molar-refractivity contribution is -0.146. The molecule has 0 fully saturated rings. The summed E-state index contributed by atoms with van der Waals surface area (Å²) in [6, 6.07) is 7.13. The van der Waals surface area contributed by atoms with Crippen molar-refractivity contribution in [2.45, 2.75) is 26.6 Å². The minimum Gasteiger partial charge on any atom is -0.460 e. The molecule has 0 amide bonds. The number of rotatable bonds is 5. The minimum absolute atomic E-state index is 0.0862. The summed E-state index contributed by atoms with van der Waals surface area (Å²) in [6.07, 6.45) is -0.207. The number of carbonyl (C=O) groups is 2. The van der Waals surface area contributed by atoms with Gasteiger partial charge < -0.3 is 9.84 Å². The lowest BCUT2D eigenvalue weighted by atomic mass is 10.1. The van der Waals surface area contributed by atoms with E-state index in [2.05, 4.69) is 0 Å². The topological polar surface area (TPSA) is 63.6 Å². The van der Waals surface area contributed by atoms with Crippen molar-refractivity contribution in [3.05, 3.63) is 35.4 Å². The van der Waals surface area contributed by atoms with Crippen LogP contribution in [-0.4, -0.2) is 16.9 Å². The number of esters is 1. The Morgan fingerprint density at radius 1 is 1.25 bits per heavy atom. The van der Waals surface area contributed by atoms with Gasteiger partial charge in [0.25, 0.3) is 0 Å². The first-order valence-electron chi connectivity index (χ1n) is 4.96. The fraction of sp³-hybridized carbons (Fsp3) is 0.333. The van der Waals surface area contributed by atoms with Gasteiger partial charge in [0.15, 0.2) is 0 Å². The molecule has 0 saturated carbocycles. The van der Waals surface area contributed by atoms with E-state index in [-0.39, 0.29) is 25.4 Å². The van der Waals surface area contributed by atoms with Gasteiger partial charge in [-0.3, -0.25) is 9.59 Å². The van der Waals surface area contributed by atoms with Gasteiger partial charge in [0.05, 0.1) is 6.61 Å². The first-order chi connectivity index (χ1) is 7.63. The molecule has 86 valence electrons. The number of ether oxygens (including phenoxy) is 1. The maximum Gasteiger partial charge on any atom is 0.313 e. The van der Waals surface area contributed by atoms with E-state index in [1.165, 1.54) is 6.92 Å². The predicted octanol–water partition coefficient (Wildman–Crippen LogP) is 1.20. The highest BCUT2D eigenvalue weighted by Crippen LogP contribution is 2.10. The van der Waals surface area contributed by atoms with Crippen LogP contribution in [-0.2, 0) is 27.5 Å². The van der Waals surface area contributed by atoms with E-state index in [1.54, 1.807) is 24.3 Å². The molecule has 0 aliphatic rings. The van der Waals surface area contributed by atoms with Crippen molar-refractivity contribution in [3.63, 3.8) is 0 Å². The Hall–Kier alpha value is -1.68. The average Bonchev–Trinajstić information content (AvgIpc) is 2.26. The Kier molecular flexibility index (Phi) is 4.66. The molecule has 1 rings (SSSR count). The monoisotopic (exact) mass is 222 g/mol. The molecule has 0 aliphatic heterocycles. The minimum atomic E-state index is -0.541. The van der Waals surface area contributed by atoms with Crippen molar-refractivity contribution < 1.29 is 19.4 Å². The summed E-state index contributed by atoms with van der Waals surface area (Å²) in [5, 5.41) is 9.03. The summed E-state index contributed by atoms with van der Waals surface area (Å²) in [6.45, 7) is 1.33. The quantitative estimate of drug-likeness (QED) is 0.600. The average molecular weight is 222 g/mol. The van der Waals surface area contributed by atoms with Crippen molar-refractivity contribution in [1.82, 2.24) is 0 Å². The third-order valence-electron chi connectivity index (χ3n) is 2.07. The van der Waals surface area contributed by atoms with Gasteiger partial charge in [0.2, 0.25) is 0 Å². The van der Waals surface area contributed by atoms with Gasteiger partial charge >= 0.3 is 5.97 Å². The molecule has 0 heterocycles. The highest BCUT2D eigenvalue weighted by atomic mass is 16.5. The van der Waals surface area contributed by atoms with E-state index < -0.39 is 5.97 Å². The molecule has 0 atom stereocenters. The second-order valence-electron chi connectivity index (χ2n) is 3.47. The van der Waals surface area contributed by atoms with Crippen LogP contribution >= 0.6 is 0 Å². The first kappa shape index (κ1) is 12.4. The second kappa shape index (κ2) is 6.02. The maximum absolute atomic E-state index is 11.1. The largest absolute Gasteiger partial charge is 0.460 e. The summed E-state index contributed by atoms with van der Waals surface area (Å²) < 4.78 is 4.91. The van der Waals surface area contributed by atoms with Crippen molar-refractivity contribution >= 4 is 11.8 Å². The van der Waals surface area contributed by atoms with Gasteiger partial charge in [-0.25, -0.2) is 0 Å². The smallest absolute Gasteiger partial charge is 0.313 e. The molecular formula is C12H14O4. The third kappa shape index (κ3) is 3.82. The van der Waals surface area contributed by atoms with Crippen molar-refractivity contribution in [1.29, 1.82) is 0 Å². The fourth-order valence-electron chi connectivity index (χ4n) is 1.27. The molecule has 4 nitrogen and oxygen atoms in total. The van der Waals surface area contributed by atoms with Crippen LogP contribution in [0.4, 0.5) is 0 Å². The summed E-state index contributed by atoms with van der Waals surface area (Å²) in [5.74, 6) is -0.763. The van der Waals surface area contributed by atoms with E-state index in [0.717, 1.165) is 11.1 Å². The molecule has 0 aromatic heterocycles. The van der Waals surface area contributed by atoms with Crippen LogP contribution in [0.2, 0.25) is 0 Å². The molecule has 1 aromatic rings. The fourth-order valence-corrected chi connectivity index (χ4v) is 1.27. The zero-order valence-electron chi connectivity index (χ0n) is 9.10. The van der Waals surface area contributed by atoms with Crippen LogP contribution in [0.15, 0.2) is 24.3 Å². The molecule has 0 bridgehead atoms. The number of benzene rings is 1. The Balaban J connectivity index is 2.54. The summed E-state index contributed by atoms with van der Waals surface area (Å²) in [7, 11) is 0. The van der Waals surface area contributed by atoms with Crippen LogP contribution in [0.5, 0.6) is 0 Å². The van der Waals surface area contributed by atoms with Crippen LogP contribution < -0.4 is 0 Å². The van der Waals surface area contributed by atoms with E-state index in [0.29, 0.717) is 0 Å². The number of ketones is 1. The molecule has 0 saturated heterocycles. The SMILES string of the molecule is CC(=O)CC(=O)OCc1ccccc1CO. The number of aliphatic hydroxyl groups is 1. The zero-order chi connectivity index (χ0) is 12.0. The van der Waals surface area contributed by atoms with Crippen molar-refractivity contribution in [3.8, 4) is 0 Å². The van der Waals surface area contributed by atoms with E-state index >= 15 is 0 Å². The zero-order valence-corrected chi connectivity index (χ0v) is 9.10. The number of hydrogen-bond acceptors (Lipinski definition) is 4.